The molecule has 3 heteroatoms. The Morgan fingerprint density at radius 2 is 0.771 bits per heavy atom. The van der Waals surface area contributed by atoms with E-state index in [2.05, 4.69) is 52.0 Å². The zero-order chi connectivity index (χ0) is 25.0. The standard InChI is InChI=1S/2C16H26O.Ba/c2*1-3-5-7-9-14-11-12-16(17)15(13-14)10-8-6-4-2;/h2*11-13,17H,3-10H2,1-2H3;. The monoisotopic (exact) mass is 606 g/mol. The number of phenols is 2. The maximum absolute atomic E-state index is 9.81. The zero-order valence-electron chi connectivity index (χ0n) is 23.4. The third-order valence-corrected chi connectivity index (χ3v) is 6.53. The molecule has 0 bridgehead atoms. The first-order valence-electron chi connectivity index (χ1n) is 14.2. The molecule has 0 heterocycles. The Kier molecular flexibility index (Phi) is 22.5. The van der Waals surface area contributed by atoms with Crippen LogP contribution in [0.3, 0.4) is 0 Å². The smallest absolute Gasteiger partial charge is 0.118 e. The van der Waals surface area contributed by atoms with Crippen LogP contribution in [0, 0.1) is 0 Å². The van der Waals surface area contributed by atoms with Crippen LogP contribution in [0.2, 0.25) is 0 Å². The molecule has 0 saturated carbocycles. The second kappa shape index (κ2) is 22.8. The predicted molar refractivity (Wildman–Crippen MR) is 155 cm³/mol. The Bertz CT molecular complexity index is 707. The molecule has 2 radical (unpaired) electrons. The summed E-state index contributed by atoms with van der Waals surface area (Å²) in [7, 11) is 0. The van der Waals surface area contributed by atoms with E-state index in [1.807, 2.05) is 12.1 Å². The number of hydrogen-bond donors (Lipinski definition) is 2. The van der Waals surface area contributed by atoms with Gasteiger partial charge in [-0.1, -0.05) is 103 Å². The number of aryl methyl sites for hydroxylation is 4. The Hall–Kier alpha value is -0.389. The van der Waals surface area contributed by atoms with Crippen LogP contribution in [-0.4, -0.2) is 59.1 Å². The van der Waals surface area contributed by atoms with Gasteiger partial charge in [-0.2, -0.15) is 0 Å². The molecule has 0 unspecified atom stereocenters. The summed E-state index contributed by atoms with van der Waals surface area (Å²) >= 11 is 0. The molecule has 0 aromatic heterocycles. The Morgan fingerprint density at radius 3 is 1.09 bits per heavy atom. The number of unbranched alkanes of at least 4 members (excludes halogenated alkanes) is 8. The molecule has 2 nitrogen and oxygen atoms in total. The maximum atomic E-state index is 9.81. The molecule has 0 fully saturated rings. The van der Waals surface area contributed by atoms with Crippen LogP contribution in [0.4, 0.5) is 0 Å². The van der Waals surface area contributed by atoms with Gasteiger partial charge in [0.25, 0.3) is 0 Å². The van der Waals surface area contributed by atoms with Crippen molar-refractivity contribution in [1.82, 2.24) is 0 Å². The Balaban J connectivity index is 0.000000642. The molecule has 2 rings (SSSR count). The van der Waals surface area contributed by atoms with E-state index in [1.165, 1.54) is 88.2 Å². The van der Waals surface area contributed by atoms with E-state index in [0.29, 0.717) is 11.5 Å². The van der Waals surface area contributed by atoms with Gasteiger partial charge < -0.3 is 10.2 Å². The summed E-state index contributed by atoms with van der Waals surface area (Å²) in [5.41, 5.74) is 5.02. The molecule has 0 atom stereocenters. The van der Waals surface area contributed by atoms with Crippen LogP contribution in [-0.2, 0) is 25.7 Å². The summed E-state index contributed by atoms with van der Waals surface area (Å²) in [4.78, 5) is 0. The summed E-state index contributed by atoms with van der Waals surface area (Å²) in [6.07, 6.45) is 19.3. The van der Waals surface area contributed by atoms with Gasteiger partial charge in [-0.05, 0) is 85.8 Å². The van der Waals surface area contributed by atoms with Crippen LogP contribution < -0.4 is 0 Å². The molecule has 0 aliphatic rings. The topological polar surface area (TPSA) is 40.5 Å². The fourth-order valence-corrected chi connectivity index (χ4v) is 4.28. The van der Waals surface area contributed by atoms with Gasteiger partial charge >= 0.3 is 0 Å². The quantitative estimate of drug-likeness (QED) is 0.148. The number of rotatable bonds is 16. The van der Waals surface area contributed by atoms with Crippen molar-refractivity contribution in [1.29, 1.82) is 0 Å². The first kappa shape index (κ1) is 34.6. The van der Waals surface area contributed by atoms with Crippen LogP contribution in [0.5, 0.6) is 11.5 Å². The average Bonchev–Trinajstić information content (AvgIpc) is 2.84. The first-order chi connectivity index (χ1) is 16.5. The molecule has 0 spiro atoms. The van der Waals surface area contributed by atoms with Crippen molar-refractivity contribution in [2.75, 3.05) is 0 Å². The van der Waals surface area contributed by atoms with Crippen molar-refractivity contribution < 1.29 is 10.2 Å². The van der Waals surface area contributed by atoms with Crippen LogP contribution in [0.25, 0.3) is 0 Å². The molecule has 2 N–H and O–H groups in total. The Morgan fingerprint density at radius 1 is 0.457 bits per heavy atom. The molecule has 35 heavy (non-hydrogen) atoms. The van der Waals surface area contributed by atoms with E-state index in [0.717, 1.165) is 36.8 Å². The summed E-state index contributed by atoms with van der Waals surface area (Å²) in [5, 5.41) is 19.6. The average molecular weight is 606 g/mol. The van der Waals surface area contributed by atoms with Crippen LogP contribution >= 0.6 is 0 Å². The molecule has 2 aromatic carbocycles. The third kappa shape index (κ3) is 16.1. The first-order valence-corrected chi connectivity index (χ1v) is 14.2. The summed E-state index contributed by atoms with van der Waals surface area (Å²) in [6, 6.07) is 12.2. The molecule has 0 aliphatic heterocycles. The van der Waals surface area contributed by atoms with Gasteiger partial charge in [0.15, 0.2) is 0 Å². The second-order valence-corrected chi connectivity index (χ2v) is 9.75. The SMILES string of the molecule is CCCCCc1ccc(O)c(CCCCC)c1.CCCCCc1ccc(O)c(CCCCC)c1.[Ba]. The van der Waals surface area contributed by atoms with Gasteiger partial charge in [-0.15, -0.1) is 0 Å². The third-order valence-electron chi connectivity index (χ3n) is 6.53. The van der Waals surface area contributed by atoms with Crippen molar-refractivity contribution in [3.8, 4) is 11.5 Å². The molecule has 0 aliphatic carbocycles. The summed E-state index contributed by atoms with van der Waals surface area (Å²) < 4.78 is 0. The van der Waals surface area contributed by atoms with Crippen molar-refractivity contribution in [2.45, 2.75) is 130 Å². The zero-order valence-corrected chi connectivity index (χ0v) is 27.8. The molecular formula is C32H52BaO2. The van der Waals surface area contributed by atoms with E-state index in [-0.39, 0.29) is 48.9 Å². The number of hydrogen-bond acceptors (Lipinski definition) is 2. The minimum absolute atomic E-state index is 0. The molecule has 0 amide bonds. The van der Waals surface area contributed by atoms with E-state index in [4.69, 9.17) is 0 Å². The number of aromatic hydroxyl groups is 2. The van der Waals surface area contributed by atoms with Crippen molar-refractivity contribution >= 4 is 48.9 Å². The normalized spacial score (nSPS) is 10.4. The van der Waals surface area contributed by atoms with Gasteiger partial charge in [0.2, 0.25) is 0 Å². The van der Waals surface area contributed by atoms with Crippen LogP contribution in [0.1, 0.15) is 127 Å². The van der Waals surface area contributed by atoms with E-state index < -0.39 is 0 Å². The van der Waals surface area contributed by atoms with Crippen molar-refractivity contribution in [3.05, 3.63) is 58.7 Å². The van der Waals surface area contributed by atoms with E-state index >= 15 is 0 Å². The minimum atomic E-state index is 0. The van der Waals surface area contributed by atoms with Crippen molar-refractivity contribution in [3.63, 3.8) is 0 Å². The fraction of sp³-hybridized carbons (Fsp3) is 0.625. The fourth-order valence-electron chi connectivity index (χ4n) is 4.28. The number of benzene rings is 2. The summed E-state index contributed by atoms with van der Waals surface area (Å²) in [5.74, 6) is 0.945. The van der Waals surface area contributed by atoms with Gasteiger partial charge in [0, 0.05) is 48.9 Å². The second-order valence-electron chi connectivity index (χ2n) is 9.75. The van der Waals surface area contributed by atoms with Crippen LogP contribution in [0.15, 0.2) is 36.4 Å². The summed E-state index contributed by atoms with van der Waals surface area (Å²) in [6.45, 7) is 8.88. The molecule has 194 valence electrons. The predicted octanol–water partition coefficient (Wildman–Crippen LogP) is 9.33. The van der Waals surface area contributed by atoms with Gasteiger partial charge in [0.05, 0.1) is 0 Å². The van der Waals surface area contributed by atoms with E-state index in [9.17, 15) is 10.2 Å². The van der Waals surface area contributed by atoms with E-state index in [1.54, 1.807) is 0 Å². The van der Waals surface area contributed by atoms with Crippen molar-refractivity contribution in [2.24, 2.45) is 0 Å². The molecule has 0 saturated heterocycles. The number of phenolic OH excluding ortho intramolecular Hbond substituents is 2. The minimum Gasteiger partial charge on any atom is -0.508 e. The molecular weight excluding hydrogens is 554 g/mol. The Labute approximate surface area is 257 Å². The molecule has 2 aromatic rings. The largest absolute Gasteiger partial charge is 0.508 e. The maximum Gasteiger partial charge on any atom is 0.118 e. The van der Waals surface area contributed by atoms with Gasteiger partial charge in [-0.3, -0.25) is 0 Å². The van der Waals surface area contributed by atoms with Gasteiger partial charge in [-0.25, -0.2) is 0 Å². The van der Waals surface area contributed by atoms with Gasteiger partial charge in [0.1, 0.15) is 11.5 Å².